The fourth-order valence-electron chi connectivity index (χ4n) is 1.57. The largest absolute Gasteiger partial charge is 0.457 e. The van der Waals surface area contributed by atoms with Gasteiger partial charge in [0.1, 0.15) is 17.3 Å². The van der Waals surface area contributed by atoms with Crippen LogP contribution in [0.1, 0.15) is 12.5 Å². The number of rotatable bonds is 4. The SMILES string of the molecule is CCNc1cc(Oc2cccc(C)c2)ccn1. The van der Waals surface area contributed by atoms with Gasteiger partial charge in [-0.3, -0.25) is 0 Å². The van der Waals surface area contributed by atoms with Gasteiger partial charge in [0, 0.05) is 18.8 Å². The van der Waals surface area contributed by atoms with E-state index in [1.807, 2.05) is 50.2 Å². The van der Waals surface area contributed by atoms with Crippen molar-refractivity contribution in [2.24, 2.45) is 0 Å². The van der Waals surface area contributed by atoms with Gasteiger partial charge in [-0.2, -0.15) is 0 Å². The van der Waals surface area contributed by atoms with E-state index in [4.69, 9.17) is 4.74 Å². The molecule has 0 radical (unpaired) electrons. The average molecular weight is 228 g/mol. The lowest BCUT2D eigenvalue weighted by atomic mass is 10.2. The lowest BCUT2D eigenvalue weighted by Gasteiger charge is -2.08. The van der Waals surface area contributed by atoms with E-state index >= 15 is 0 Å². The van der Waals surface area contributed by atoms with Crippen LogP contribution >= 0.6 is 0 Å². The number of aryl methyl sites for hydroxylation is 1. The maximum atomic E-state index is 5.77. The van der Waals surface area contributed by atoms with E-state index in [9.17, 15) is 0 Å². The van der Waals surface area contributed by atoms with Crippen LogP contribution in [0.3, 0.4) is 0 Å². The van der Waals surface area contributed by atoms with Crippen molar-refractivity contribution >= 4 is 5.82 Å². The molecule has 1 heterocycles. The van der Waals surface area contributed by atoms with Gasteiger partial charge < -0.3 is 10.1 Å². The fourth-order valence-corrected chi connectivity index (χ4v) is 1.57. The van der Waals surface area contributed by atoms with Crippen molar-refractivity contribution in [2.75, 3.05) is 11.9 Å². The third-order valence-corrected chi connectivity index (χ3v) is 2.31. The number of ether oxygens (including phenoxy) is 1. The van der Waals surface area contributed by atoms with Gasteiger partial charge in [0.25, 0.3) is 0 Å². The first-order valence-corrected chi connectivity index (χ1v) is 5.72. The summed E-state index contributed by atoms with van der Waals surface area (Å²) in [5, 5.41) is 3.15. The van der Waals surface area contributed by atoms with E-state index in [1.165, 1.54) is 5.56 Å². The van der Waals surface area contributed by atoms with Crippen molar-refractivity contribution in [3.8, 4) is 11.5 Å². The summed E-state index contributed by atoms with van der Waals surface area (Å²) >= 11 is 0. The van der Waals surface area contributed by atoms with Gasteiger partial charge in [-0.15, -0.1) is 0 Å². The Bertz CT molecular complexity index is 497. The van der Waals surface area contributed by atoms with Crippen LogP contribution in [-0.4, -0.2) is 11.5 Å². The smallest absolute Gasteiger partial charge is 0.132 e. The molecule has 1 N–H and O–H groups in total. The Kier molecular flexibility index (Phi) is 3.60. The lowest BCUT2D eigenvalue weighted by Crippen LogP contribution is -1.98. The first-order chi connectivity index (χ1) is 8.28. The molecule has 0 aliphatic heterocycles. The Balaban J connectivity index is 2.15. The summed E-state index contributed by atoms with van der Waals surface area (Å²) < 4.78 is 5.77. The molecule has 0 aliphatic carbocycles. The molecule has 0 amide bonds. The number of benzene rings is 1. The van der Waals surface area contributed by atoms with Gasteiger partial charge in [0.05, 0.1) is 0 Å². The highest BCUT2D eigenvalue weighted by Gasteiger charge is 1.99. The molecule has 0 spiro atoms. The molecule has 0 fully saturated rings. The normalized spacial score (nSPS) is 10.0. The van der Waals surface area contributed by atoms with Crippen molar-refractivity contribution in [3.05, 3.63) is 48.2 Å². The first-order valence-electron chi connectivity index (χ1n) is 5.72. The third-order valence-electron chi connectivity index (χ3n) is 2.31. The van der Waals surface area contributed by atoms with E-state index in [2.05, 4.69) is 10.3 Å². The van der Waals surface area contributed by atoms with Crippen molar-refractivity contribution in [2.45, 2.75) is 13.8 Å². The summed E-state index contributed by atoms with van der Waals surface area (Å²) in [4.78, 5) is 4.20. The van der Waals surface area contributed by atoms with Crippen molar-refractivity contribution in [1.29, 1.82) is 0 Å². The molecule has 0 bridgehead atoms. The van der Waals surface area contributed by atoms with Crippen molar-refractivity contribution in [1.82, 2.24) is 4.98 Å². The monoisotopic (exact) mass is 228 g/mol. The van der Waals surface area contributed by atoms with Gasteiger partial charge in [0.15, 0.2) is 0 Å². The van der Waals surface area contributed by atoms with Crippen molar-refractivity contribution < 1.29 is 4.74 Å². The van der Waals surface area contributed by atoms with E-state index in [0.717, 1.165) is 23.9 Å². The molecule has 0 saturated carbocycles. The van der Waals surface area contributed by atoms with Gasteiger partial charge in [0.2, 0.25) is 0 Å². The maximum absolute atomic E-state index is 5.77. The molecular weight excluding hydrogens is 212 g/mol. The summed E-state index contributed by atoms with van der Waals surface area (Å²) in [5.41, 5.74) is 1.18. The topological polar surface area (TPSA) is 34.1 Å². The summed E-state index contributed by atoms with van der Waals surface area (Å²) in [6.07, 6.45) is 1.74. The van der Waals surface area contributed by atoms with E-state index in [0.29, 0.717) is 0 Å². The average Bonchev–Trinajstić information content (AvgIpc) is 2.30. The van der Waals surface area contributed by atoms with E-state index in [1.54, 1.807) is 6.20 Å². The van der Waals surface area contributed by atoms with Crippen LogP contribution < -0.4 is 10.1 Å². The quantitative estimate of drug-likeness (QED) is 0.868. The zero-order valence-electron chi connectivity index (χ0n) is 10.1. The minimum atomic E-state index is 0.793. The maximum Gasteiger partial charge on any atom is 0.132 e. The van der Waals surface area contributed by atoms with Crippen molar-refractivity contribution in [3.63, 3.8) is 0 Å². The number of pyridine rings is 1. The van der Waals surface area contributed by atoms with Gasteiger partial charge in [-0.25, -0.2) is 4.98 Å². The standard InChI is InChI=1S/C14H16N2O/c1-3-15-14-10-13(7-8-16-14)17-12-6-4-5-11(2)9-12/h4-10H,3H2,1-2H3,(H,15,16). The highest BCUT2D eigenvalue weighted by Crippen LogP contribution is 2.23. The van der Waals surface area contributed by atoms with E-state index in [-0.39, 0.29) is 0 Å². The highest BCUT2D eigenvalue weighted by molar-refractivity contribution is 5.42. The molecule has 3 nitrogen and oxygen atoms in total. The highest BCUT2D eigenvalue weighted by atomic mass is 16.5. The summed E-state index contributed by atoms with van der Waals surface area (Å²) in [6, 6.07) is 11.7. The fraction of sp³-hybridized carbons (Fsp3) is 0.214. The molecular formula is C14H16N2O. The number of nitrogens with zero attached hydrogens (tertiary/aromatic N) is 1. The summed E-state index contributed by atoms with van der Waals surface area (Å²) in [7, 11) is 0. The molecule has 2 rings (SSSR count). The number of aromatic nitrogens is 1. The Labute approximate surface area is 101 Å². The number of nitrogens with one attached hydrogen (secondary N) is 1. The van der Waals surface area contributed by atoms with Gasteiger partial charge >= 0.3 is 0 Å². The zero-order chi connectivity index (χ0) is 12.1. The molecule has 2 aromatic rings. The Morgan fingerprint density at radius 2 is 2.00 bits per heavy atom. The summed E-state index contributed by atoms with van der Waals surface area (Å²) in [5.74, 6) is 2.47. The van der Waals surface area contributed by atoms with Crippen LogP contribution in [0.2, 0.25) is 0 Å². The number of anilines is 1. The second kappa shape index (κ2) is 5.34. The molecule has 0 atom stereocenters. The number of hydrogen-bond donors (Lipinski definition) is 1. The predicted molar refractivity (Wildman–Crippen MR) is 69.7 cm³/mol. The molecule has 3 heteroatoms. The Morgan fingerprint density at radius 1 is 1.18 bits per heavy atom. The first kappa shape index (κ1) is 11.5. The van der Waals surface area contributed by atoms with Crippen LogP contribution in [-0.2, 0) is 0 Å². The molecule has 88 valence electrons. The molecule has 1 aromatic carbocycles. The molecule has 0 aliphatic rings. The minimum absolute atomic E-state index is 0.793. The van der Waals surface area contributed by atoms with Crippen LogP contribution in [0.25, 0.3) is 0 Å². The second-order valence-electron chi connectivity index (χ2n) is 3.83. The van der Waals surface area contributed by atoms with Crippen LogP contribution in [0.4, 0.5) is 5.82 Å². The minimum Gasteiger partial charge on any atom is -0.457 e. The van der Waals surface area contributed by atoms with Crippen LogP contribution in [0.15, 0.2) is 42.6 Å². The van der Waals surface area contributed by atoms with Gasteiger partial charge in [-0.1, -0.05) is 12.1 Å². The lowest BCUT2D eigenvalue weighted by molar-refractivity contribution is 0.482. The van der Waals surface area contributed by atoms with E-state index < -0.39 is 0 Å². The van der Waals surface area contributed by atoms with Crippen LogP contribution in [0.5, 0.6) is 11.5 Å². The molecule has 0 saturated heterocycles. The zero-order valence-corrected chi connectivity index (χ0v) is 10.1. The molecule has 1 aromatic heterocycles. The second-order valence-corrected chi connectivity index (χ2v) is 3.83. The Hall–Kier alpha value is -2.03. The molecule has 17 heavy (non-hydrogen) atoms. The predicted octanol–water partition coefficient (Wildman–Crippen LogP) is 3.61. The number of hydrogen-bond acceptors (Lipinski definition) is 3. The summed E-state index contributed by atoms with van der Waals surface area (Å²) in [6.45, 7) is 4.93. The Morgan fingerprint density at radius 3 is 2.76 bits per heavy atom. The molecule has 0 unspecified atom stereocenters. The van der Waals surface area contributed by atoms with Crippen LogP contribution in [0, 0.1) is 6.92 Å². The third kappa shape index (κ3) is 3.21. The van der Waals surface area contributed by atoms with Gasteiger partial charge in [-0.05, 0) is 37.6 Å².